The van der Waals surface area contributed by atoms with Crippen LogP contribution in [0.3, 0.4) is 0 Å². The lowest BCUT2D eigenvalue weighted by atomic mass is 10.1. The van der Waals surface area contributed by atoms with E-state index in [1.54, 1.807) is 0 Å². The van der Waals surface area contributed by atoms with Gasteiger partial charge in [0, 0.05) is 13.0 Å². The monoisotopic (exact) mass is 258 g/mol. The van der Waals surface area contributed by atoms with E-state index in [4.69, 9.17) is 4.43 Å². The maximum absolute atomic E-state index is 11.3. The molecule has 0 N–H and O–H groups in total. The van der Waals surface area contributed by atoms with Crippen LogP contribution in [0.2, 0.25) is 18.1 Å². The number of carbonyl (C=O) groups excluding carboxylic acids is 2. The van der Waals surface area contributed by atoms with Crippen molar-refractivity contribution in [3.8, 4) is 0 Å². The summed E-state index contributed by atoms with van der Waals surface area (Å²) >= 11 is 0. The maximum Gasteiger partial charge on any atom is 0.191 e. The van der Waals surface area contributed by atoms with Gasteiger partial charge in [0.2, 0.25) is 0 Å². The van der Waals surface area contributed by atoms with Crippen molar-refractivity contribution in [3.05, 3.63) is 0 Å². The molecule has 0 atom stereocenters. The van der Waals surface area contributed by atoms with Crippen molar-refractivity contribution in [2.75, 3.05) is 6.61 Å². The molecule has 0 heterocycles. The zero-order valence-corrected chi connectivity index (χ0v) is 13.1. The number of hydrogen-bond acceptors (Lipinski definition) is 3. The maximum atomic E-state index is 11.3. The molecule has 0 rings (SSSR count). The van der Waals surface area contributed by atoms with E-state index < -0.39 is 8.32 Å². The van der Waals surface area contributed by atoms with Gasteiger partial charge in [-0.2, -0.15) is 0 Å². The van der Waals surface area contributed by atoms with Gasteiger partial charge in [0.1, 0.15) is 11.6 Å². The van der Waals surface area contributed by atoms with Crippen molar-refractivity contribution >= 4 is 19.9 Å². The third kappa shape index (κ3) is 6.73. The number of rotatable bonds is 7. The summed E-state index contributed by atoms with van der Waals surface area (Å²) in [6.07, 6.45) is 1.24. The fourth-order valence-corrected chi connectivity index (χ4v) is 2.27. The molecule has 0 bridgehead atoms. The highest BCUT2D eigenvalue weighted by atomic mass is 28.4. The van der Waals surface area contributed by atoms with Crippen LogP contribution in [0.1, 0.15) is 47.0 Å². The summed E-state index contributed by atoms with van der Waals surface area (Å²) in [6.45, 7) is 13.1. The van der Waals surface area contributed by atoms with Gasteiger partial charge in [0.25, 0.3) is 0 Å². The summed E-state index contributed by atoms with van der Waals surface area (Å²) < 4.78 is 5.95. The quantitative estimate of drug-likeness (QED) is 0.399. The molecule has 0 fully saturated rings. The fourth-order valence-electron chi connectivity index (χ4n) is 1.18. The zero-order chi connectivity index (χ0) is 13.7. The van der Waals surface area contributed by atoms with E-state index in [0.29, 0.717) is 13.0 Å². The van der Waals surface area contributed by atoms with E-state index in [2.05, 4.69) is 33.9 Å². The molecule has 0 saturated heterocycles. The predicted molar refractivity (Wildman–Crippen MR) is 72.7 cm³/mol. The Labute approximate surface area is 106 Å². The molecule has 0 aliphatic heterocycles. The SMILES string of the molecule is CC(=O)CC(=O)CCCO[Si](C)(C)C(C)(C)C. The lowest BCUT2D eigenvalue weighted by Crippen LogP contribution is -2.41. The van der Waals surface area contributed by atoms with Gasteiger partial charge in [-0.25, -0.2) is 0 Å². The molecule has 0 aromatic rings. The second-order valence-corrected chi connectivity index (χ2v) is 10.9. The molecule has 0 amide bonds. The zero-order valence-electron chi connectivity index (χ0n) is 12.1. The minimum absolute atomic E-state index is 0.0244. The van der Waals surface area contributed by atoms with Gasteiger partial charge in [-0.3, -0.25) is 9.59 Å². The molecule has 0 saturated carbocycles. The Morgan fingerprint density at radius 2 is 1.71 bits per heavy atom. The van der Waals surface area contributed by atoms with Crippen LogP contribution in [0.5, 0.6) is 0 Å². The Hall–Kier alpha value is -0.483. The minimum atomic E-state index is -1.69. The van der Waals surface area contributed by atoms with Crippen LogP contribution in [0.4, 0.5) is 0 Å². The fraction of sp³-hybridized carbons (Fsp3) is 0.846. The first-order chi connectivity index (χ1) is 7.56. The van der Waals surface area contributed by atoms with Crippen molar-refractivity contribution in [3.63, 3.8) is 0 Å². The molecule has 17 heavy (non-hydrogen) atoms. The van der Waals surface area contributed by atoms with E-state index in [0.717, 1.165) is 6.42 Å². The average Bonchev–Trinajstić information content (AvgIpc) is 2.09. The van der Waals surface area contributed by atoms with Crippen molar-refractivity contribution in [2.45, 2.75) is 65.1 Å². The van der Waals surface area contributed by atoms with E-state index in [1.807, 2.05) is 0 Å². The lowest BCUT2D eigenvalue weighted by Gasteiger charge is -2.36. The van der Waals surface area contributed by atoms with Gasteiger partial charge >= 0.3 is 0 Å². The summed E-state index contributed by atoms with van der Waals surface area (Å²) in [7, 11) is -1.69. The van der Waals surface area contributed by atoms with Crippen LogP contribution in [0.25, 0.3) is 0 Å². The van der Waals surface area contributed by atoms with Gasteiger partial charge in [-0.15, -0.1) is 0 Å². The molecule has 0 aliphatic carbocycles. The molecule has 0 aliphatic rings. The van der Waals surface area contributed by atoms with Gasteiger partial charge in [-0.05, 0) is 31.5 Å². The van der Waals surface area contributed by atoms with E-state index in [9.17, 15) is 9.59 Å². The third-order valence-electron chi connectivity index (χ3n) is 3.32. The normalized spacial score (nSPS) is 12.6. The lowest BCUT2D eigenvalue weighted by molar-refractivity contribution is -0.126. The topological polar surface area (TPSA) is 43.4 Å². The van der Waals surface area contributed by atoms with Crippen LogP contribution in [0.15, 0.2) is 0 Å². The van der Waals surface area contributed by atoms with Crippen LogP contribution in [0, 0.1) is 0 Å². The van der Waals surface area contributed by atoms with E-state index in [-0.39, 0.29) is 23.0 Å². The van der Waals surface area contributed by atoms with Crippen LogP contribution >= 0.6 is 0 Å². The Morgan fingerprint density at radius 3 is 2.12 bits per heavy atom. The Bertz CT molecular complexity index is 277. The van der Waals surface area contributed by atoms with Crippen LogP contribution in [-0.4, -0.2) is 26.5 Å². The largest absolute Gasteiger partial charge is 0.417 e. The first-order valence-corrected chi connectivity index (χ1v) is 9.12. The van der Waals surface area contributed by atoms with E-state index in [1.165, 1.54) is 6.92 Å². The summed E-state index contributed by atoms with van der Waals surface area (Å²) in [5, 5.41) is 0.205. The molecule has 0 radical (unpaired) electrons. The molecule has 0 aromatic carbocycles. The van der Waals surface area contributed by atoms with Gasteiger partial charge in [0.05, 0.1) is 6.42 Å². The third-order valence-corrected chi connectivity index (χ3v) is 7.85. The van der Waals surface area contributed by atoms with Gasteiger partial charge in [-0.1, -0.05) is 20.8 Å². The molecule has 3 nitrogen and oxygen atoms in total. The second-order valence-electron chi connectivity index (χ2n) is 6.13. The summed E-state index contributed by atoms with van der Waals surface area (Å²) in [5.41, 5.74) is 0. The highest BCUT2D eigenvalue weighted by Gasteiger charge is 2.36. The Kier molecular flexibility index (Phi) is 6.27. The first-order valence-electron chi connectivity index (χ1n) is 6.21. The molecule has 0 aromatic heterocycles. The molecule has 0 unspecified atom stereocenters. The van der Waals surface area contributed by atoms with Crippen molar-refractivity contribution < 1.29 is 14.0 Å². The highest BCUT2D eigenvalue weighted by molar-refractivity contribution is 6.74. The number of Topliss-reactive ketones (excluding diaryl/α,β-unsaturated/α-hetero) is 2. The molecular weight excluding hydrogens is 232 g/mol. The number of carbonyl (C=O) groups is 2. The summed E-state index contributed by atoms with van der Waals surface area (Å²) in [4.78, 5) is 22.0. The van der Waals surface area contributed by atoms with Gasteiger partial charge < -0.3 is 4.43 Å². The summed E-state index contributed by atoms with van der Waals surface area (Å²) in [5.74, 6) is -0.0309. The minimum Gasteiger partial charge on any atom is -0.417 e. The molecule has 100 valence electrons. The predicted octanol–water partition coefficient (Wildman–Crippen LogP) is 3.34. The van der Waals surface area contributed by atoms with Crippen molar-refractivity contribution in [1.82, 2.24) is 0 Å². The standard InChI is InChI=1S/C13H26O3Si/c1-11(14)10-12(15)8-7-9-16-17(5,6)13(2,3)4/h7-10H2,1-6H3. The molecule has 0 spiro atoms. The molecule has 4 heteroatoms. The Morgan fingerprint density at radius 1 is 1.18 bits per heavy atom. The summed E-state index contributed by atoms with van der Waals surface area (Å²) in [6, 6.07) is 0. The second kappa shape index (κ2) is 6.45. The average molecular weight is 258 g/mol. The van der Waals surface area contributed by atoms with Gasteiger partial charge in [0.15, 0.2) is 8.32 Å². The number of hydrogen-bond donors (Lipinski definition) is 0. The van der Waals surface area contributed by atoms with Crippen molar-refractivity contribution in [2.24, 2.45) is 0 Å². The van der Waals surface area contributed by atoms with Crippen LogP contribution in [-0.2, 0) is 14.0 Å². The van der Waals surface area contributed by atoms with E-state index >= 15 is 0 Å². The Balaban J connectivity index is 3.86. The van der Waals surface area contributed by atoms with Crippen molar-refractivity contribution in [1.29, 1.82) is 0 Å². The van der Waals surface area contributed by atoms with Crippen LogP contribution < -0.4 is 0 Å². The molecular formula is C13H26O3Si. The first kappa shape index (κ1) is 16.5. The highest BCUT2D eigenvalue weighted by Crippen LogP contribution is 2.36. The number of ketones is 2. The smallest absolute Gasteiger partial charge is 0.191 e.